The number of hydrogen-bond donors (Lipinski definition) is 2. The molecule has 0 saturated carbocycles. The predicted molar refractivity (Wildman–Crippen MR) is 57.3 cm³/mol. The van der Waals surface area contributed by atoms with Gasteiger partial charge in [-0.25, -0.2) is 9.78 Å². The minimum Gasteiger partial charge on any atom is -0.477 e. The second kappa shape index (κ2) is 3.87. The number of nitriles is 1. The number of H-pyrrole nitrogens is 1. The van der Waals surface area contributed by atoms with Crippen LogP contribution in [0.3, 0.4) is 0 Å². The third-order valence-electron chi connectivity index (χ3n) is 2.13. The average molecular weight is 213 g/mol. The van der Waals surface area contributed by atoms with Crippen LogP contribution in [0.25, 0.3) is 17.1 Å². The van der Waals surface area contributed by atoms with Gasteiger partial charge < -0.3 is 10.1 Å². The van der Waals surface area contributed by atoms with Crippen LogP contribution in [0.15, 0.2) is 30.1 Å². The maximum Gasteiger partial charge on any atom is 0.346 e. The highest BCUT2D eigenvalue weighted by Gasteiger charge is 2.08. The highest BCUT2D eigenvalue weighted by molar-refractivity contribution is 5.99. The second-order valence-electron chi connectivity index (χ2n) is 3.12. The van der Waals surface area contributed by atoms with Gasteiger partial charge in [0.25, 0.3) is 0 Å². The van der Waals surface area contributed by atoms with Crippen molar-refractivity contribution >= 4 is 23.1 Å². The van der Waals surface area contributed by atoms with Crippen LogP contribution in [0.2, 0.25) is 0 Å². The lowest BCUT2D eigenvalue weighted by Gasteiger charge is -1.91. The van der Waals surface area contributed by atoms with Crippen molar-refractivity contribution in [2.45, 2.75) is 0 Å². The number of hydrogen-bond acceptors (Lipinski definition) is 3. The van der Waals surface area contributed by atoms with Crippen molar-refractivity contribution in [2.75, 3.05) is 0 Å². The number of aromatic nitrogens is 2. The van der Waals surface area contributed by atoms with Crippen LogP contribution in [0, 0.1) is 11.3 Å². The van der Waals surface area contributed by atoms with Gasteiger partial charge in [-0.05, 0) is 18.2 Å². The normalized spacial score (nSPS) is 11.3. The molecule has 16 heavy (non-hydrogen) atoms. The highest BCUT2D eigenvalue weighted by atomic mass is 16.4. The maximum absolute atomic E-state index is 10.7. The summed E-state index contributed by atoms with van der Waals surface area (Å²) in [6.45, 7) is 0. The summed E-state index contributed by atoms with van der Waals surface area (Å²) >= 11 is 0. The highest BCUT2D eigenvalue weighted by Crippen LogP contribution is 2.18. The minimum atomic E-state index is -1.24. The Labute approximate surface area is 90.7 Å². The Bertz CT molecular complexity index is 619. The van der Waals surface area contributed by atoms with Crippen LogP contribution in [0.5, 0.6) is 0 Å². The lowest BCUT2D eigenvalue weighted by atomic mass is 10.1. The molecule has 0 aromatic carbocycles. The molecule has 0 atom stereocenters. The predicted octanol–water partition coefficient (Wildman–Crippen LogP) is 1.55. The van der Waals surface area contributed by atoms with Gasteiger partial charge in [0, 0.05) is 23.3 Å². The van der Waals surface area contributed by atoms with E-state index in [0.29, 0.717) is 11.2 Å². The van der Waals surface area contributed by atoms with E-state index in [2.05, 4.69) is 9.97 Å². The Balaban J connectivity index is 2.57. The quantitative estimate of drug-likeness (QED) is 0.585. The number of nitrogens with zero attached hydrogens (tertiary/aromatic N) is 2. The third kappa shape index (κ3) is 1.64. The molecule has 0 spiro atoms. The van der Waals surface area contributed by atoms with Crippen molar-refractivity contribution in [1.29, 1.82) is 5.26 Å². The number of fused-ring (bicyclic) bond motifs is 1. The van der Waals surface area contributed by atoms with Crippen LogP contribution < -0.4 is 0 Å². The summed E-state index contributed by atoms with van der Waals surface area (Å²) in [4.78, 5) is 17.6. The number of carboxylic acid groups (broad SMARTS) is 1. The van der Waals surface area contributed by atoms with Crippen molar-refractivity contribution < 1.29 is 9.90 Å². The first kappa shape index (κ1) is 9.93. The lowest BCUT2D eigenvalue weighted by molar-refractivity contribution is -0.132. The number of aliphatic carboxylic acids is 1. The molecular weight excluding hydrogens is 206 g/mol. The number of carbonyl (C=O) groups is 1. The van der Waals surface area contributed by atoms with Crippen molar-refractivity contribution in [3.8, 4) is 6.07 Å². The zero-order valence-electron chi connectivity index (χ0n) is 8.14. The molecule has 5 heteroatoms. The first-order chi connectivity index (χ1) is 7.72. The molecule has 2 aromatic heterocycles. The van der Waals surface area contributed by atoms with Gasteiger partial charge in [-0.2, -0.15) is 5.26 Å². The molecule has 0 aliphatic heterocycles. The topological polar surface area (TPSA) is 89.8 Å². The summed E-state index contributed by atoms with van der Waals surface area (Å²) < 4.78 is 0. The number of rotatable bonds is 2. The Hall–Kier alpha value is -2.61. The van der Waals surface area contributed by atoms with Crippen LogP contribution in [-0.2, 0) is 4.79 Å². The third-order valence-corrected chi connectivity index (χ3v) is 2.13. The van der Waals surface area contributed by atoms with Crippen molar-refractivity contribution in [3.63, 3.8) is 0 Å². The van der Waals surface area contributed by atoms with Crippen LogP contribution in [-0.4, -0.2) is 21.0 Å². The fraction of sp³-hybridized carbons (Fsp3) is 0. The number of carboxylic acids is 1. The first-order valence-corrected chi connectivity index (χ1v) is 4.49. The van der Waals surface area contributed by atoms with Gasteiger partial charge in [0.05, 0.1) is 0 Å². The largest absolute Gasteiger partial charge is 0.477 e. The van der Waals surface area contributed by atoms with Crippen molar-refractivity contribution in [1.82, 2.24) is 9.97 Å². The zero-order chi connectivity index (χ0) is 11.5. The molecule has 2 rings (SSSR count). The number of aromatic amines is 1. The Morgan fingerprint density at radius 2 is 2.44 bits per heavy atom. The SMILES string of the molecule is N#C/C(=C\c1c[nH]c2ncccc12)C(=O)O. The molecule has 0 aliphatic carbocycles. The van der Waals surface area contributed by atoms with E-state index in [-0.39, 0.29) is 5.57 Å². The van der Waals surface area contributed by atoms with Gasteiger partial charge in [0.15, 0.2) is 0 Å². The van der Waals surface area contributed by atoms with Gasteiger partial charge in [0.2, 0.25) is 0 Å². The lowest BCUT2D eigenvalue weighted by Crippen LogP contribution is -1.96. The maximum atomic E-state index is 10.7. The minimum absolute atomic E-state index is 0.301. The summed E-state index contributed by atoms with van der Waals surface area (Å²) in [7, 11) is 0. The van der Waals surface area contributed by atoms with E-state index in [1.54, 1.807) is 24.5 Å². The molecule has 0 saturated heterocycles. The van der Waals surface area contributed by atoms with Crippen molar-refractivity contribution in [2.24, 2.45) is 0 Å². The van der Waals surface area contributed by atoms with Gasteiger partial charge in [-0.15, -0.1) is 0 Å². The molecule has 5 nitrogen and oxygen atoms in total. The van der Waals surface area contributed by atoms with E-state index in [1.807, 2.05) is 6.07 Å². The molecule has 78 valence electrons. The molecule has 0 fully saturated rings. The average Bonchev–Trinajstić information content (AvgIpc) is 2.69. The van der Waals surface area contributed by atoms with E-state index in [4.69, 9.17) is 10.4 Å². The standard InChI is InChI=1S/C11H7N3O2/c12-5-7(11(15)16)4-8-6-14-10-9(8)2-1-3-13-10/h1-4,6H,(H,13,14)(H,15,16)/b7-4+. The number of pyridine rings is 1. The van der Waals surface area contributed by atoms with Crippen LogP contribution in [0.1, 0.15) is 5.56 Å². The molecular formula is C11H7N3O2. The summed E-state index contributed by atoms with van der Waals surface area (Å²) in [5.74, 6) is -1.24. The van der Waals surface area contributed by atoms with E-state index in [1.165, 1.54) is 6.08 Å². The van der Waals surface area contributed by atoms with Gasteiger partial charge >= 0.3 is 5.97 Å². The van der Waals surface area contributed by atoms with Crippen LogP contribution >= 0.6 is 0 Å². The summed E-state index contributed by atoms with van der Waals surface area (Å²) in [5, 5.41) is 18.2. The molecule has 0 amide bonds. The molecule has 0 unspecified atom stereocenters. The van der Waals surface area contributed by atoms with Gasteiger partial charge in [-0.1, -0.05) is 0 Å². The zero-order valence-corrected chi connectivity index (χ0v) is 8.14. The summed E-state index contributed by atoms with van der Waals surface area (Å²) in [5.41, 5.74) is 1.00. The monoisotopic (exact) mass is 213 g/mol. The Morgan fingerprint density at radius 1 is 1.62 bits per heavy atom. The van der Waals surface area contributed by atoms with E-state index in [0.717, 1.165) is 5.39 Å². The summed E-state index contributed by atoms with van der Waals surface area (Å²) in [6.07, 6.45) is 4.58. The molecule has 0 bridgehead atoms. The van der Waals surface area contributed by atoms with E-state index in [9.17, 15) is 4.79 Å². The fourth-order valence-electron chi connectivity index (χ4n) is 1.39. The van der Waals surface area contributed by atoms with E-state index < -0.39 is 5.97 Å². The molecule has 2 heterocycles. The molecule has 2 N–H and O–H groups in total. The van der Waals surface area contributed by atoms with Gasteiger partial charge in [0.1, 0.15) is 17.3 Å². The Morgan fingerprint density at radius 3 is 3.12 bits per heavy atom. The smallest absolute Gasteiger partial charge is 0.346 e. The van der Waals surface area contributed by atoms with E-state index >= 15 is 0 Å². The first-order valence-electron chi connectivity index (χ1n) is 4.49. The second-order valence-corrected chi connectivity index (χ2v) is 3.12. The molecule has 0 aliphatic rings. The van der Waals surface area contributed by atoms with Crippen molar-refractivity contribution in [3.05, 3.63) is 35.7 Å². The molecule has 2 aromatic rings. The summed E-state index contributed by atoms with van der Waals surface area (Å²) in [6, 6.07) is 5.19. The Kier molecular flexibility index (Phi) is 2.40. The molecule has 0 radical (unpaired) electrons. The number of nitrogens with one attached hydrogen (secondary N) is 1. The van der Waals surface area contributed by atoms with Gasteiger partial charge in [-0.3, -0.25) is 0 Å². The fourth-order valence-corrected chi connectivity index (χ4v) is 1.39. The van der Waals surface area contributed by atoms with Crippen LogP contribution in [0.4, 0.5) is 0 Å².